The van der Waals surface area contributed by atoms with Crippen LogP contribution in [0.4, 0.5) is 0 Å². The Labute approximate surface area is 475 Å². The number of rotatable bonds is 8. The summed E-state index contributed by atoms with van der Waals surface area (Å²) in [5.41, 5.74) is 25.3. The molecule has 0 saturated carbocycles. The van der Waals surface area contributed by atoms with Crippen molar-refractivity contribution in [1.29, 1.82) is 0 Å². The van der Waals surface area contributed by atoms with E-state index in [-0.39, 0.29) is 0 Å². The fourth-order valence-corrected chi connectivity index (χ4v) is 10.1. The van der Waals surface area contributed by atoms with Crippen molar-refractivity contribution in [3.05, 3.63) is 314 Å². The van der Waals surface area contributed by atoms with Gasteiger partial charge in [-0.2, -0.15) is 0 Å². The summed E-state index contributed by atoms with van der Waals surface area (Å²) in [6, 6.07) is 93.8. The molecule has 4 heterocycles. The summed E-state index contributed by atoms with van der Waals surface area (Å²) in [6.45, 7) is 8.65. The number of pyridine rings is 4. The van der Waals surface area contributed by atoms with Crippen LogP contribution in [0.3, 0.4) is 0 Å². The molecule has 4 aromatic heterocycles. The van der Waals surface area contributed by atoms with Crippen LogP contribution >= 0.6 is 0 Å². The quantitative estimate of drug-likeness (QED) is 0.135. The van der Waals surface area contributed by atoms with Gasteiger partial charge in [0.05, 0.1) is 0 Å². The number of hydrogen-bond acceptors (Lipinski definition) is 0. The minimum absolute atomic E-state index is 1.24. The first-order valence-electron chi connectivity index (χ1n) is 27.5. The average molecular weight is 1040 g/mol. The summed E-state index contributed by atoms with van der Waals surface area (Å²) in [4.78, 5) is 0. The lowest BCUT2D eigenvalue weighted by Gasteiger charge is -2.08. The molecule has 0 bridgehead atoms. The minimum Gasteiger partial charge on any atom is -0.201 e. The van der Waals surface area contributed by atoms with Crippen LogP contribution in [-0.2, 0) is 28.2 Å². The van der Waals surface area contributed by atoms with Gasteiger partial charge in [-0.15, -0.1) is 0 Å². The third-order valence-electron chi connectivity index (χ3n) is 14.7. The van der Waals surface area contributed by atoms with Crippen LogP contribution in [0.2, 0.25) is 0 Å². The third kappa shape index (κ3) is 13.7. The van der Waals surface area contributed by atoms with Gasteiger partial charge in [0.1, 0.15) is 28.2 Å². The molecule has 8 aromatic carbocycles. The molecule has 0 aliphatic carbocycles. The van der Waals surface area contributed by atoms with Crippen LogP contribution < -0.4 is 18.3 Å². The maximum atomic E-state index is 2.28. The van der Waals surface area contributed by atoms with Crippen LogP contribution in [0.5, 0.6) is 0 Å². The highest BCUT2D eigenvalue weighted by molar-refractivity contribution is 5.74. The zero-order valence-corrected chi connectivity index (χ0v) is 47.5. The Balaban J connectivity index is 0.000000129. The van der Waals surface area contributed by atoms with Gasteiger partial charge in [-0.05, 0) is 131 Å². The highest BCUT2D eigenvalue weighted by atomic mass is 14.9. The summed E-state index contributed by atoms with van der Waals surface area (Å²) < 4.78 is 8.70. The molecular weight excluding hydrogens is 969 g/mol. The highest BCUT2D eigenvalue weighted by Crippen LogP contribution is 2.30. The van der Waals surface area contributed by atoms with E-state index in [0.717, 1.165) is 0 Å². The summed E-state index contributed by atoms with van der Waals surface area (Å²) in [7, 11) is 8.37. The van der Waals surface area contributed by atoms with Crippen molar-refractivity contribution >= 4 is 0 Å². The van der Waals surface area contributed by atoms with E-state index < -0.39 is 0 Å². The minimum atomic E-state index is 1.24. The molecule has 0 aliphatic rings. The second kappa shape index (κ2) is 26.6. The second-order valence-electron chi connectivity index (χ2n) is 20.4. The fourth-order valence-electron chi connectivity index (χ4n) is 10.1. The molecule has 4 heteroatoms. The standard InChI is InChI=1S/4C19H18N/c1-15-8-6-7-11-18(15)19-14-17(12-13-20(19)2)16-9-4-3-5-10-16;1-15-8-6-7-11-18(15)19-13-12-17(14-20(19)2)16-9-4-3-5-10-16;1-15-14-17(16-8-4-3-5-9-16)11-12-18(15)19-10-6-7-13-20(19)2;1-15-11-12-17(16-8-4-3-5-9-16)14-18(15)19-10-6-7-13-20(19)2/h4*3-14H,1-2H3/q4*+1. The fraction of sp³-hybridized carbons (Fsp3) is 0.105. The SMILES string of the molecule is Cc1cc(-c2ccccc2)ccc1-c1cccc[n+]1C.Cc1ccc(-c2ccccc2)cc1-c1cccc[n+]1C.Cc1ccccc1-c1cc(-c2ccccc2)cc[n+]1C.Cc1ccccc1-c1ccc(-c2ccccc2)c[n+]1C. The number of aryl methyl sites for hydroxylation is 8. The van der Waals surface area contributed by atoms with E-state index in [1.165, 1.54) is 112 Å². The highest BCUT2D eigenvalue weighted by Gasteiger charge is 2.17. The predicted octanol–water partition coefficient (Wildman–Crippen LogP) is 16.6. The Bertz CT molecular complexity index is 3700. The third-order valence-corrected chi connectivity index (χ3v) is 14.7. The molecule has 0 spiro atoms. The van der Waals surface area contributed by atoms with E-state index in [0.29, 0.717) is 0 Å². The number of nitrogens with zero attached hydrogens (tertiary/aromatic N) is 4. The van der Waals surface area contributed by atoms with Gasteiger partial charge in [-0.25, -0.2) is 18.3 Å². The Morgan fingerprint density at radius 2 is 0.562 bits per heavy atom. The Hall–Kier alpha value is -9.64. The summed E-state index contributed by atoms with van der Waals surface area (Å²) >= 11 is 0. The molecule has 0 radical (unpaired) electrons. The van der Waals surface area contributed by atoms with Crippen LogP contribution in [-0.4, -0.2) is 0 Å². The molecule has 12 aromatic rings. The Morgan fingerprint density at radius 1 is 0.200 bits per heavy atom. The Morgan fingerprint density at radius 3 is 1.05 bits per heavy atom. The van der Waals surface area contributed by atoms with Crippen LogP contribution in [0, 0.1) is 27.7 Å². The molecule has 4 nitrogen and oxygen atoms in total. The molecule has 0 atom stereocenters. The van der Waals surface area contributed by atoms with E-state index in [4.69, 9.17) is 0 Å². The maximum Gasteiger partial charge on any atom is 0.213 e. The normalized spacial score (nSPS) is 10.5. The summed E-state index contributed by atoms with van der Waals surface area (Å²) in [6.07, 6.45) is 8.49. The van der Waals surface area contributed by atoms with Crippen molar-refractivity contribution in [2.75, 3.05) is 0 Å². The van der Waals surface area contributed by atoms with Gasteiger partial charge in [0, 0.05) is 70.3 Å². The smallest absolute Gasteiger partial charge is 0.201 e. The molecule has 12 rings (SSSR count). The maximum absolute atomic E-state index is 2.28. The first-order valence-corrected chi connectivity index (χ1v) is 27.5. The average Bonchev–Trinajstić information content (AvgIpc) is 3.50. The van der Waals surface area contributed by atoms with Gasteiger partial charge in [0.25, 0.3) is 0 Å². The summed E-state index contributed by atoms with van der Waals surface area (Å²) in [5, 5.41) is 0. The lowest BCUT2D eigenvalue weighted by atomic mass is 9.97. The van der Waals surface area contributed by atoms with Gasteiger partial charge in [-0.1, -0.05) is 182 Å². The lowest BCUT2D eigenvalue weighted by molar-refractivity contribution is -0.660. The van der Waals surface area contributed by atoms with Gasteiger partial charge >= 0.3 is 0 Å². The van der Waals surface area contributed by atoms with Crippen molar-refractivity contribution < 1.29 is 18.3 Å². The molecule has 0 N–H and O–H groups in total. The topological polar surface area (TPSA) is 15.5 Å². The molecule has 392 valence electrons. The van der Waals surface area contributed by atoms with Crippen molar-refractivity contribution in [2.24, 2.45) is 28.2 Å². The number of aromatic nitrogens is 4. The molecule has 0 saturated heterocycles. The molecule has 0 aliphatic heterocycles. The van der Waals surface area contributed by atoms with Crippen molar-refractivity contribution in [3.8, 4) is 89.5 Å². The first kappa shape index (κ1) is 55.1. The van der Waals surface area contributed by atoms with Gasteiger partial charge in [0.15, 0.2) is 24.8 Å². The first-order chi connectivity index (χ1) is 39.0. The van der Waals surface area contributed by atoms with E-state index in [1.807, 2.05) is 6.07 Å². The monoisotopic (exact) mass is 1040 g/mol. The number of benzene rings is 8. The van der Waals surface area contributed by atoms with Crippen molar-refractivity contribution in [2.45, 2.75) is 27.7 Å². The van der Waals surface area contributed by atoms with Gasteiger partial charge in [0.2, 0.25) is 22.8 Å². The molecule has 0 fully saturated rings. The molecule has 0 unspecified atom stereocenters. The van der Waals surface area contributed by atoms with Crippen LogP contribution in [0.15, 0.2) is 292 Å². The van der Waals surface area contributed by atoms with Crippen LogP contribution in [0.1, 0.15) is 22.3 Å². The zero-order chi connectivity index (χ0) is 55.8. The zero-order valence-electron chi connectivity index (χ0n) is 47.5. The molecule has 80 heavy (non-hydrogen) atoms. The van der Waals surface area contributed by atoms with Crippen molar-refractivity contribution in [1.82, 2.24) is 0 Å². The van der Waals surface area contributed by atoms with Crippen molar-refractivity contribution in [3.63, 3.8) is 0 Å². The molecule has 0 amide bonds. The Kier molecular flexibility index (Phi) is 18.3. The van der Waals surface area contributed by atoms with E-state index in [1.54, 1.807) is 0 Å². The predicted molar refractivity (Wildman–Crippen MR) is 333 cm³/mol. The second-order valence-corrected chi connectivity index (χ2v) is 20.4. The molecular formula is C76H72N4+4. The van der Waals surface area contributed by atoms with E-state index >= 15 is 0 Å². The van der Waals surface area contributed by atoms with Gasteiger partial charge < -0.3 is 0 Å². The summed E-state index contributed by atoms with van der Waals surface area (Å²) in [5.74, 6) is 0. The largest absolute Gasteiger partial charge is 0.213 e. The van der Waals surface area contributed by atoms with Gasteiger partial charge in [-0.3, -0.25) is 0 Å². The number of hydrogen-bond donors (Lipinski definition) is 0. The van der Waals surface area contributed by atoms with E-state index in [2.05, 4.69) is 360 Å². The van der Waals surface area contributed by atoms with Crippen LogP contribution in [0.25, 0.3) is 89.5 Å². The van der Waals surface area contributed by atoms with E-state index in [9.17, 15) is 0 Å². The lowest BCUT2D eigenvalue weighted by Crippen LogP contribution is -2.30.